The summed E-state index contributed by atoms with van der Waals surface area (Å²) in [4.78, 5) is 0. The molecule has 4 nitrogen and oxygen atoms in total. The molecule has 20 heavy (non-hydrogen) atoms. The minimum Gasteiger partial charge on any atom is -0.392 e. The molecule has 0 spiro atoms. The Morgan fingerprint density at radius 2 is 2.10 bits per heavy atom. The van der Waals surface area contributed by atoms with E-state index in [4.69, 9.17) is 15.9 Å². The average Bonchev–Trinajstić information content (AvgIpc) is 2.84. The molecule has 1 heterocycles. The molecule has 2 atom stereocenters. The lowest BCUT2D eigenvalue weighted by atomic mass is 9.91. The van der Waals surface area contributed by atoms with Crippen LogP contribution < -0.4 is 9.79 Å². The summed E-state index contributed by atoms with van der Waals surface area (Å²) in [5.41, 5.74) is 2.97. The summed E-state index contributed by atoms with van der Waals surface area (Å²) in [5.74, 6) is 0.386. The van der Waals surface area contributed by atoms with E-state index in [1.807, 2.05) is 23.5 Å². The van der Waals surface area contributed by atoms with Gasteiger partial charge in [0.15, 0.2) is 0 Å². The molecule has 0 aliphatic carbocycles. The molecule has 0 saturated carbocycles. The van der Waals surface area contributed by atoms with E-state index >= 15 is 0 Å². The average molecular weight is 339 g/mol. The molecule has 0 bridgehead atoms. The summed E-state index contributed by atoms with van der Waals surface area (Å²) >= 11 is 8.58. The van der Waals surface area contributed by atoms with Crippen molar-refractivity contribution in [2.24, 2.45) is 5.92 Å². The third kappa shape index (κ3) is 5.42. The molecule has 0 saturated heterocycles. The van der Waals surface area contributed by atoms with Crippen LogP contribution in [0, 0.1) is 5.92 Å². The Bertz CT molecular complexity index is 386. The van der Waals surface area contributed by atoms with Crippen LogP contribution in [0.3, 0.4) is 0 Å². The van der Waals surface area contributed by atoms with Gasteiger partial charge in [-0.2, -0.15) is 5.48 Å². The molecule has 0 radical (unpaired) electrons. The van der Waals surface area contributed by atoms with Crippen molar-refractivity contribution >= 4 is 40.2 Å². The van der Waals surface area contributed by atoms with Crippen LogP contribution in [0.1, 0.15) is 33.6 Å². The summed E-state index contributed by atoms with van der Waals surface area (Å²) in [5, 5.41) is 10.9. The van der Waals surface area contributed by atoms with Crippen LogP contribution >= 0.6 is 35.2 Å². The van der Waals surface area contributed by atoms with Crippen molar-refractivity contribution in [1.82, 2.24) is 5.48 Å². The summed E-state index contributed by atoms with van der Waals surface area (Å²) < 4.78 is 8.10. The fourth-order valence-electron chi connectivity index (χ4n) is 2.03. The molecular formula is C13H23ClN2O2S2. The number of thiophene rings is 1. The number of nitrogens with zero attached hydrogens (tertiary/aromatic N) is 1. The Morgan fingerprint density at radius 3 is 2.55 bits per heavy atom. The largest absolute Gasteiger partial charge is 0.392 e. The SMILES string of the molecule is CCC(CC)C(NOSN(C)c1ccc(Cl)s1)C(C)O. The van der Waals surface area contributed by atoms with Gasteiger partial charge in [0.25, 0.3) is 0 Å². The van der Waals surface area contributed by atoms with Gasteiger partial charge in [-0.25, -0.2) is 4.28 Å². The highest BCUT2D eigenvalue weighted by atomic mass is 35.5. The Balaban J connectivity index is 2.44. The zero-order valence-electron chi connectivity index (χ0n) is 12.3. The first-order valence-electron chi connectivity index (χ1n) is 6.75. The Hall–Kier alpha value is 0.0200. The highest BCUT2D eigenvalue weighted by Gasteiger charge is 2.23. The number of aliphatic hydroxyl groups is 1. The lowest BCUT2D eigenvalue weighted by molar-refractivity contribution is 0.0444. The van der Waals surface area contributed by atoms with Crippen molar-refractivity contribution in [1.29, 1.82) is 0 Å². The Labute approximate surface area is 134 Å². The van der Waals surface area contributed by atoms with Crippen LogP contribution in [0.15, 0.2) is 12.1 Å². The molecule has 0 aliphatic rings. The van der Waals surface area contributed by atoms with E-state index in [0.717, 1.165) is 22.2 Å². The molecule has 1 rings (SSSR count). The molecule has 0 fully saturated rings. The van der Waals surface area contributed by atoms with Crippen molar-refractivity contribution in [3.63, 3.8) is 0 Å². The third-order valence-electron chi connectivity index (χ3n) is 3.28. The molecule has 7 heteroatoms. The van der Waals surface area contributed by atoms with Gasteiger partial charge in [-0.05, 0) is 25.0 Å². The van der Waals surface area contributed by atoms with Gasteiger partial charge in [-0.15, -0.1) is 11.3 Å². The predicted molar refractivity (Wildman–Crippen MR) is 89.1 cm³/mol. The van der Waals surface area contributed by atoms with Crippen LogP contribution in [-0.2, 0) is 4.28 Å². The lowest BCUT2D eigenvalue weighted by Crippen LogP contribution is -2.43. The normalized spacial score (nSPS) is 14.6. The van der Waals surface area contributed by atoms with E-state index < -0.39 is 6.10 Å². The first-order chi connectivity index (χ1) is 9.49. The first kappa shape index (κ1) is 18.1. The highest BCUT2D eigenvalue weighted by molar-refractivity contribution is 7.96. The quantitative estimate of drug-likeness (QED) is 0.403. The number of hydrogen-bond acceptors (Lipinski definition) is 6. The zero-order valence-corrected chi connectivity index (χ0v) is 14.7. The second-order valence-corrected chi connectivity index (χ2v) is 7.25. The van der Waals surface area contributed by atoms with E-state index in [0.29, 0.717) is 5.92 Å². The minimum atomic E-state index is -0.456. The Morgan fingerprint density at radius 1 is 1.45 bits per heavy atom. The van der Waals surface area contributed by atoms with E-state index in [9.17, 15) is 5.11 Å². The Kier molecular flexibility index (Phi) is 8.24. The van der Waals surface area contributed by atoms with Crippen molar-refractivity contribution in [3.05, 3.63) is 16.5 Å². The first-order valence-corrected chi connectivity index (χ1v) is 8.65. The number of hydrogen-bond donors (Lipinski definition) is 2. The van der Waals surface area contributed by atoms with E-state index in [1.54, 1.807) is 6.92 Å². The molecule has 1 aromatic heterocycles. The van der Waals surface area contributed by atoms with Gasteiger partial charge in [0.2, 0.25) is 0 Å². The molecule has 0 aliphatic heterocycles. The number of hydroxylamine groups is 1. The van der Waals surface area contributed by atoms with Crippen LogP contribution in [0.2, 0.25) is 4.34 Å². The summed E-state index contributed by atoms with van der Waals surface area (Å²) in [6, 6.07) is 3.73. The topological polar surface area (TPSA) is 44.7 Å². The number of nitrogens with one attached hydrogen (secondary N) is 1. The van der Waals surface area contributed by atoms with Gasteiger partial charge >= 0.3 is 0 Å². The molecule has 2 N–H and O–H groups in total. The number of halogens is 1. The van der Waals surface area contributed by atoms with Crippen molar-refractivity contribution in [2.45, 2.75) is 45.8 Å². The van der Waals surface area contributed by atoms with Crippen LogP contribution in [-0.4, -0.2) is 24.3 Å². The van der Waals surface area contributed by atoms with Crippen LogP contribution in [0.4, 0.5) is 5.00 Å². The number of aliphatic hydroxyl groups excluding tert-OH is 1. The summed E-state index contributed by atoms with van der Waals surface area (Å²) in [6.45, 7) is 6.03. The monoisotopic (exact) mass is 338 g/mol. The predicted octanol–water partition coefficient (Wildman–Crippen LogP) is 4.11. The van der Waals surface area contributed by atoms with Gasteiger partial charge < -0.3 is 5.11 Å². The molecule has 2 unspecified atom stereocenters. The number of rotatable bonds is 9. The second-order valence-electron chi connectivity index (χ2n) is 4.69. The number of anilines is 1. The fourth-order valence-corrected chi connectivity index (χ4v) is 3.53. The van der Waals surface area contributed by atoms with Crippen molar-refractivity contribution < 1.29 is 9.39 Å². The van der Waals surface area contributed by atoms with Gasteiger partial charge in [0.1, 0.15) is 17.2 Å². The standard InChI is InChI=1S/C13H23ClN2O2S2/c1-5-10(6-2)13(9(3)17)15-18-20-16(4)12-8-7-11(14)19-12/h7-10,13,15,17H,5-6H2,1-4H3. The fraction of sp³-hybridized carbons (Fsp3) is 0.692. The van der Waals surface area contributed by atoms with Gasteiger partial charge in [0.05, 0.1) is 16.5 Å². The third-order valence-corrected chi connectivity index (χ3v) is 5.29. The molecule has 0 aromatic carbocycles. The van der Waals surface area contributed by atoms with Gasteiger partial charge in [-0.1, -0.05) is 38.3 Å². The second kappa shape index (κ2) is 9.12. The van der Waals surface area contributed by atoms with Gasteiger partial charge in [-0.3, -0.25) is 4.31 Å². The minimum absolute atomic E-state index is 0.0715. The van der Waals surface area contributed by atoms with Crippen molar-refractivity contribution in [2.75, 3.05) is 11.4 Å². The van der Waals surface area contributed by atoms with Crippen LogP contribution in [0.25, 0.3) is 0 Å². The maximum atomic E-state index is 9.85. The van der Waals surface area contributed by atoms with E-state index in [2.05, 4.69) is 19.3 Å². The molecule has 1 aromatic rings. The summed E-state index contributed by atoms with van der Waals surface area (Å²) in [6.07, 6.45) is 1.55. The maximum Gasteiger partial charge on any atom is 0.136 e. The van der Waals surface area contributed by atoms with E-state index in [1.165, 1.54) is 23.6 Å². The zero-order chi connectivity index (χ0) is 15.1. The smallest absolute Gasteiger partial charge is 0.136 e. The van der Waals surface area contributed by atoms with Crippen LogP contribution in [0.5, 0.6) is 0 Å². The molecule has 116 valence electrons. The lowest BCUT2D eigenvalue weighted by Gasteiger charge is -2.28. The van der Waals surface area contributed by atoms with E-state index in [-0.39, 0.29) is 6.04 Å². The highest BCUT2D eigenvalue weighted by Crippen LogP contribution is 2.32. The molecule has 0 amide bonds. The maximum absolute atomic E-state index is 9.85. The summed E-state index contributed by atoms with van der Waals surface area (Å²) in [7, 11) is 1.91. The molecular weight excluding hydrogens is 316 g/mol. The van der Waals surface area contributed by atoms with Crippen molar-refractivity contribution in [3.8, 4) is 0 Å². The van der Waals surface area contributed by atoms with Gasteiger partial charge in [0, 0.05) is 7.05 Å².